The van der Waals surface area contributed by atoms with E-state index < -0.39 is 5.91 Å². The molecule has 0 bridgehead atoms. The molecule has 9 heteroatoms. The molecule has 0 unspecified atom stereocenters. The second-order valence-corrected chi connectivity index (χ2v) is 7.33. The minimum atomic E-state index is -0.685. The molecule has 3 heterocycles. The van der Waals surface area contributed by atoms with Gasteiger partial charge >= 0.3 is 0 Å². The van der Waals surface area contributed by atoms with Crippen molar-refractivity contribution in [2.24, 2.45) is 5.73 Å². The predicted octanol–water partition coefficient (Wildman–Crippen LogP) is 4.79. The molecule has 0 saturated carbocycles. The Labute approximate surface area is 182 Å². The number of anilines is 2. The molecule has 3 N–H and O–H groups in total. The van der Waals surface area contributed by atoms with Crippen molar-refractivity contribution in [2.45, 2.75) is 6.92 Å². The monoisotopic (exact) mass is 438 g/mol. The maximum absolute atomic E-state index is 11.9. The predicted molar refractivity (Wildman–Crippen MR) is 118 cm³/mol. The van der Waals surface area contributed by atoms with Crippen molar-refractivity contribution in [2.75, 3.05) is 5.32 Å². The molecular formula is C21H16Cl2N6O. The number of rotatable bonds is 5. The standard InChI is InChI=1S/C21H16Cl2N6O/c1-12-7-8-25-10-14(12)17-6-5-13(9-26-17)27-18-11-29(28-19(18)21(24)30)20-15(22)3-2-4-16(20)23/h2-11,27H,1H3,(H2,24,30). The lowest BCUT2D eigenvalue weighted by molar-refractivity contribution is 0.0996. The summed E-state index contributed by atoms with van der Waals surface area (Å²) in [4.78, 5) is 20.6. The van der Waals surface area contributed by atoms with Gasteiger partial charge in [0.05, 0.1) is 39.5 Å². The lowest BCUT2D eigenvalue weighted by atomic mass is 10.1. The molecule has 0 saturated heterocycles. The van der Waals surface area contributed by atoms with Gasteiger partial charge in [-0.05, 0) is 42.8 Å². The number of aromatic nitrogens is 4. The summed E-state index contributed by atoms with van der Waals surface area (Å²) in [6.45, 7) is 2.00. The SMILES string of the molecule is Cc1ccncc1-c1ccc(Nc2cn(-c3c(Cl)cccc3Cl)nc2C(N)=O)cn1. The Morgan fingerprint density at radius 3 is 2.50 bits per heavy atom. The highest BCUT2D eigenvalue weighted by Crippen LogP contribution is 2.30. The summed E-state index contributed by atoms with van der Waals surface area (Å²) in [5.74, 6) is -0.685. The van der Waals surface area contributed by atoms with Gasteiger partial charge in [0, 0.05) is 18.0 Å². The smallest absolute Gasteiger partial charge is 0.271 e. The number of nitrogens with two attached hydrogens (primary N) is 1. The van der Waals surface area contributed by atoms with E-state index in [0.717, 1.165) is 16.8 Å². The molecule has 30 heavy (non-hydrogen) atoms. The van der Waals surface area contributed by atoms with Crippen LogP contribution < -0.4 is 11.1 Å². The van der Waals surface area contributed by atoms with E-state index in [9.17, 15) is 4.79 Å². The molecule has 150 valence electrons. The third-order valence-electron chi connectivity index (χ3n) is 4.47. The molecule has 0 aliphatic rings. The van der Waals surface area contributed by atoms with E-state index >= 15 is 0 Å². The number of carbonyl (C=O) groups excluding carboxylic acids is 1. The van der Waals surface area contributed by atoms with Crippen LogP contribution in [0.25, 0.3) is 16.9 Å². The Morgan fingerprint density at radius 2 is 1.87 bits per heavy atom. The Hall–Kier alpha value is -3.42. The van der Waals surface area contributed by atoms with Crippen molar-refractivity contribution in [1.82, 2.24) is 19.7 Å². The first kappa shape index (κ1) is 19.9. The summed E-state index contributed by atoms with van der Waals surface area (Å²) in [6, 6.07) is 10.7. The van der Waals surface area contributed by atoms with Crippen molar-refractivity contribution in [3.8, 4) is 16.9 Å². The number of nitrogens with one attached hydrogen (secondary N) is 1. The zero-order chi connectivity index (χ0) is 21.3. The van der Waals surface area contributed by atoms with Crippen molar-refractivity contribution in [3.05, 3.63) is 82.5 Å². The largest absolute Gasteiger partial charge is 0.364 e. The van der Waals surface area contributed by atoms with Gasteiger partial charge < -0.3 is 11.1 Å². The number of nitrogens with zero attached hydrogens (tertiary/aromatic N) is 4. The van der Waals surface area contributed by atoms with E-state index in [1.165, 1.54) is 4.68 Å². The molecule has 4 rings (SSSR count). The Kier molecular flexibility index (Phi) is 5.39. The summed E-state index contributed by atoms with van der Waals surface area (Å²) in [5, 5.41) is 8.17. The van der Waals surface area contributed by atoms with Crippen LogP contribution in [0.1, 0.15) is 16.1 Å². The fourth-order valence-electron chi connectivity index (χ4n) is 2.98. The number of hydrogen-bond donors (Lipinski definition) is 2. The number of aryl methyl sites for hydroxylation is 1. The van der Waals surface area contributed by atoms with Gasteiger partial charge in [0.15, 0.2) is 5.69 Å². The van der Waals surface area contributed by atoms with Gasteiger partial charge in [-0.25, -0.2) is 4.68 Å². The molecule has 3 aromatic heterocycles. The number of para-hydroxylation sites is 1. The molecule has 0 atom stereocenters. The van der Waals surface area contributed by atoms with Gasteiger partial charge in [-0.2, -0.15) is 5.10 Å². The van der Waals surface area contributed by atoms with Gasteiger partial charge in [0.1, 0.15) is 5.69 Å². The highest BCUT2D eigenvalue weighted by Gasteiger charge is 2.18. The van der Waals surface area contributed by atoms with E-state index in [-0.39, 0.29) is 5.69 Å². The van der Waals surface area contributed by atoms with Crippen LogP contribution in [0.3, 0.4) is 0 Å². The zero-order valence-electron chi connectivity index (χ0n) is 15.8. The van der Waals surface area contributed by atoms with E-state index in [4.69, 9.17) is 28.9 Å². The summed E-state index contributed by atoms with van der Waals surface area (Å²) in [5.41, 5.74) is 9.90. The molecular weight excluding hydrogens is 423 g/mol. The summed E-state index contributed by atoms with van der Waals surface area (Å²) >= 11 is 12.5. The average Bonchev–Trinajstić information content (AvgIpc) is 3.12. The molecule has 0 fully saturated rings. The lowest BCUT2D eigenvalue weighted by Crippen LogP contribution is -2.14. The minimum absolute atomic E-state index is 0.0539. The van der Waals surface area contributed by atoms with Crippen LogP contribution in [0.5, 0.6) is 0 Å². The van der Waals surface area contributed by atoms with Crippen LogP contribution in [-0.2, 0) is 0 Å². The van der Waals surface area contributed by atoms with E-state index in [1.54, 1.807) is 43.0 Å². The Bertz CT molecular complexity index is 1220. The summed E-state index contributed by atoms with van der Waals surface area (Å²) in [6.07, 6.45) is 6.77. The quantitative estimate of drug-likeness (QED) is 0.466. The number of benzene rings is 1. The van der Waals surface area contributed by atoms with Gasteiger partial charge in [-0.15, -0.1) is 0 Å². The van der Waals surface area contributed by atoms with Crippen LogP contribution in [0.15, 0.2) is 61.2 Å². The van der Waals surface area contributed by atoms with E-state index in [0.29, 0.717) is 27.1 Å². The number of pyridine rings is 2. The summed E-state index contributed by atoms with van der Waals surface area (Å²) in [7, 11) is 0. The van der Waals surface area contributed by atoms with Gasteiger partial charge in [0.2, 0.25) is 0 Å². The molecule has 7 nitrogen and oxygen atoms in total. The second-order valence-electron chi connectivity index (χ2n) is 6.52. The van der Waals surface area contributed by atoms with Crippen LogP contribution in [0.2, 0.25) is 10.0 Å². The Balaban J connectivity index is 1.67. The maximum atomic E-state index is 11.9. The number of hydrogen-bond acceptors (Lipinski definition) is 5. The van der Waals surface area contributed by atoms with Crippen LogP contribution in [-0.4, -0.2) is 25.7 Å². The third-order valence-corrected chi connectivity index (χ3v) is 5.08. The first-order valence-corrected chi connectivity index (χ1v) is 9.67. The fraction of sp³-hybridized carbons (Fsp3) is 0.0476. The molecule has 4 aromatic rings. The number of amides is 1. The summed E-state index contributed by atoms with van der Waals surface area (Å²) < 4.78 is 1.42. The third kappa shape index (κ3) is 3.85. The highest BCUT2D eigenvalue weighted by atomic mass is 35.5. The zero-order valence-corrected chi connectivity index (χ0v) is 17.3. The van der Waals surface area contributed by atoms with E-state index in [1.807, 2.05) is 25.1 Å². The van der Waals surface area contributed by atoms with Gasteiger partial charge in [-0.3, -0.25) is 14.8 Å². The lowest BCUT2D eigenvalue weighted by Gasteiger charge is -2.08. The van der Waals surface area contributed by atoms with Crippen LogP contribution >= 0.6 is 23.2 Å². The minimum Gasteiger partial charge on any atom is -0.364 e. The van der Waals surface area contributed by atoms with Gasteiger partial charge in [0.25, 0.3) is 5.91 Å². The first-order chi connectivity index (χ1) is 14.4. The average molecular weight is 439 g/mol. The van der Waals surface area contributed by atoms with Crippen LogP contribution in [0, 0.1) is 6.92 Å². The number of primary amides is 1. The van der Waals surface area contributed by atoms with Gasteiger partial charge in [-0.1, -0.05) is 29.3 Å². The van der Waals surface area contributed by atoms with Crippen LogP contribution in [0.4, 0.5) is 11.4 Å². The maximum Gasteiger partial charge on any atom is 0.271 e. The van der Waals surface area contributed by atoms with Crippen molar-refractivity contribution >= 4 is 40.5 Å². The van der Waals surface area contributed by atoms with E-state index in [2.05, 4.69) is 20.4 Å². The molecule has 1 amide bonds. The molecule has 1 aromatic carbocycles. The topological polar surface area (TPSA) is 98.7 Å². The molecule has 0 spiro atoms. The molecule has 0 aliphatic carbocycles. The number of halogens is 2. The molecule has 0 radical (unpaired) electrons. The fourth-order valence-corrected chi connectivity index (χ4v) is 3.56. The highest BCUT2D eigenvalue weighted by molar-refractivity contribution is 6.37. The Morgan fingerprint density at radius 1 is 1.10 bits per heavy atom. The molecule has 0 aliphatic heterocycles. The van der Waals surface area contributed by atoms with Crippen molar-refractivity contribution in [1.29, 1.82) is 0 Å². The number of carbonyl (C=O) groups is 1. The first-order valence-electron chi connectivity index (χ1n) is 8.92. The van der Waals surface area contributed by atoms with Crippen molar-refractivity contribution in [3.63, 3.8) is 0 Å². The normalized spacial score (nSPS) is 10.8. The second kappa shape index (κ2) is 8.14. The van der Waals surface area contributed by atoms with Crippen molar-refractivity contribution < 1.29 is 4.79 Å².